The summed E-state index contributed by atoms with van der Waals surface area (Å²) in [5, 5.41) is 9.46. The van der Waals surface area contributed by atoms with Crippen LogP contribution in [0.15, 0.2) is 27.1 Å². The van der Waals surface area contributed by atoms with Gasteiger partial charge in [-0.2, -0.15) is 0 Å². The normalized spacial score (nSPS) is 13.0. The Morgan fingerprint density at radius 3 is 2.67 bits per heavy atom. The molecule has 0 spiro atoms. The van der Waals surface area contributed by atoms with E-state index < -0.39 is 6.10 Å². The highest BCUT2D eigenvalue weighted by atomic mass is 79.9. The van der Waals surface area contributed by atoms with E-state index in [1.54, 1.807) is 0 Å². The van der Waals surface area contributed by atoms with Crippen LogP contribution in [0.1, 0.15) is 11.7 Å². The van der Waals surface area contributed by atoms with Crippen molar-refractivity contribution in [2.24, 2.45) is 5.73 Å². The first-order valence-electron chi connectivity index (χ1n) is 3.49. The van der Waals surface area contributed by atoms with Gasteiger partial charge in [0, 0.05) is 15.5 Å². The van der Waals surface area contributed by atoms with Crippen molar-refractivity contribution < 1.29 is 5.11 Å². The molecular weight excluding hydrogens is 286 g/mol. The molecule has 1 aromatic carbocycles. The van der Waals surface area contributed by atoms with Gasteiger partial charge < -0.3 is 10.8 Å². The summed E-state index contributed by atoms with van der Waals surface area (Å²) >= 11 is 6.70. The zero-order valence-corrected chi connectivity index (χ0v) is 9.47. The lowest BCUT2D eigenvalue weighted by atomic mass is 10.1. The summed E-state index contributed by atoms with van der Waals surface area (Å²) in [5.74, 6) is 0. The topological polar surface area (TPSA) is 46.2 Å². The fourth-order valence-electron chi connectivity index (χ4n) is 0.905. The van der Waals surface area contributed by atoms with Gasteiger partial charge in [0.15, 0.2) is 0 Å². The van der Waals surface area contributed by atoms with Gasteiger partial charge in [-0.05, 0) is 43.5 Å². The minimum Gasteiger partial charge on any atom is -0.387 e. The number of hydrogen-bond donors (Lipinski definition) is 2. The maximum atomic E-state index is 9.46. The van der Waals surface area contributed by atoms with Gasteiger partial charge in [0.2, 0.25) is 0 Å². The van der Waals surface area contributed by atoms with Crippen LogP contribution in [-0.2, 0) is 0 Å². The molecule has 0 saturated heterocycles. The molecule has 2 nitrogen and oxygen atoms in total. The summed E-state index contributed by atoms with van der Waals surface area (Å²) in [6.07, 6.45) is -0.600. The van der Waals surface area contributed by atoms with Crippen molar-refractivity contribution in [3.05, 3.63) is 32.7 Å². The summed E-state index contributed by atoms with van der Waals surface area (Å²) < 4.78 is 1.79. The summed E-state index contributed by atoms with van der Waals surface area (Å²) in [5.41, 5.74) is 6.15. The number of benzene rings is 1. The number of halogens is 2. The average molecular weight is 295 g/mol. The van der Waals surface area contributed by atoms with E-state index in [4.69, 9.17) is 5.73 Å². The Labute approximate surface area is 88.0 Å². The van der Waals surface area contributed by atoms with Crippen molar-refractivity contribution in [1.29, 1.82) is 0 Å². The zero-order chi connectivity index (χ0) is 9.14. The van der Waals surface area contributed by atoms with Crippen LogP contribution in [0.4, 0.5) is 0 Å². The highest BCUT2D eigenvalue weighted by molar-refractivity contribution is 9.13. The Hall–Kier alpha value is 0.1000. The lowest BCUT2D eigenvalue weighted by molar-refractivity contribution is 0.186. The highest BCUT2D eigenvalue weighted by Gasteiger charge is 2.10. The molecule has 4 heteroatoms. The van der Waals surface area contributed by atoms with Gasteiger partial charge in [0.25, 0.3) is 0 Å². The lowest BCUT2D eigenvalue weighted by Crippen LogP contribution is -2.11. The molecule has 0 aromatic heterocycles. The first kappa shape index (κ1) is 10.2. The molecule has 1 aromatic rings. The van der Waals surface area contributed by atoms with Gasteiger partial charge in [0.05, 0.1) is 6.10 Å². The zero-order valence-electron chi connectivity index (χ0n) is 6.30. The third-order valence-electron chi connectivity index (χ3n) is 1.56. The van der Waals surface area contributed by atoms with Crippen molar-refractivity contribution >= 4 is 31.9 Å². The standard InChI is InChI=1S/C8H9Br2NO/c9-6-3-1-2-5(8(6)10)7(12)4-11/h1-3,7,12H,4,11H2. The second-order valence-corrected chi connectivity index (χ2v) is 4.04. The Kier molecular flexibility index (Phi) is 3.71. The van der Waals surface area contributed by atoms with E-state index >= 15 is 0 Å². The van der Waals surface area contributed by atoms with Crippen LogP contribution in [0.2, 0.25) is 0 Å². The number of hydrogen-bond acceptors (Lipinski definition) is 2. The first-order valence-corrected chi connectivity index (χ1v) is 5.07. The Balaban J connectivity index is 3.07. The van der Waals surface area contributed by atoms with E-state index in [2.05, 4.69) is 31.9 Å². The van der Waals surface area contributed by atoms with Gasteiger partial charge in [-0.3, -0.25) is 0 Å². The van der Waals surface area contributed by atoms with E-state index in [0.29, 0.717) is 0 Å². The monoisotopic (exact) mass is 293 g/mol. The molecule has 0 heterocycles. The fourth-order valence-corrected chi connectivity index (χ4v) is 1.81. The molecule has 1 atom stereocenters. The van der Waals surface area contributed by atoms with Gasteiger partial charge in [-0.1, -0.05) is 12.1 Å². The predicted octanol–water partition coefficient (Wildman–Crippen LogP) is 2.20. The molecule has 0 amide bonds. The highest BCUT2D eigenvalue weighted by Crippen LogP contribution is 2.29. The van der Waals surface area contributed by atoms with E-state index in [0.717, 1.165) is 14.5 Å². The maximum Gasteiger partial charge on any atom is 0.0923 e. The Morgan fingerprint density at radius 2 is 2.08 bits per heavy atom. The van der Waals surface area contributed by atoms with Crippen LogP contribution in [-0.4, -0.2) is 11.7 Å². The summed E-state index contributed by atoms with van der Waals surface area (Å²) in [6, 6.07) is 5.60. The summed E-state index contributed by atoms with van der Waals surface area (Å²) in [6.45, 7) is 0.231. The smallest absolute Gasteiger partial charge is 0.0923 e. The third-order valence-corrected chi connectivity index (χ3v) is 3.64. The molecule has 1 rings (SSSR count). The van der Waals surface area contributed by atoms with Crippen LogP contribution >= 0.6 is 31.9 Å². The van der Waals surface area contributed by atoms with Crippen molar-refractivity contribution in [2.75, 3.05) is 6.54 Å². The molecule has 0 saturated carbocycles. The average Bonchev–Trinajstić information content (AvgIpc) is 2.08. The SMILES string of the molecule is NCC(O)c1cccc(Br)c1Br. The molecule has 0 fully saturated rings. The minimum atomic E-state index is -0.600. The molecule has 0 bridgehead atoms. The van der Waals surface area contributed by atoms with E-state index in [1.165, 1.54) is 0 Å². The van der Waals surface area contributed by atoms with Crippen molar-refractivity contribution in [3.63, 3.8) is 0 Å². The fraction of sp³-hybridized carbons (Fsp3) is 0.250. The van der Waals surface area contributed by atoms with Gasteiger partial charge in [0.1, 0.15) is 0 Å². The largest absolute Gasteiger partial charge is 0.387 e. The summed E-state index contributed by atoms with van der Waals surface area (Å²) in [4.78, 5) is 0. The van der Waals surface area contributed by atoms with Gasteiger partial charge in [-0.15, -0.1) is 0 Å². The van der Waals surface area contributed by atoms with Crippen LogP contribution < -0.4 is 5.73 Å². The molecule has 12 heavy (non-hydrogen) atoms. The minimum absolute atomic E-state index is 0.231. The first-order chi connectivity index (χ1) is 5.66. The summed E-state index contributed by atoms with van der Waals surface area (Å²) in [7, 11) is 0. The van der Waals surface area contributed by atoms with Crippen LogP contribution in [0.3, 0.4) is 0 Å². The molecule has 3 N–H and O–H groups in total. The Morgan fingerprint density at radius 1 is 1.42 bits per heavy atom. The number of aliphatic hydroxyl groups is 1. The van der Waals surface area contributed by atoms with Crippen molar-refractivity contribution in [2.45, 2.75) is 6.10 Å². The van der Waals surface area contributed by atoms with Crippen molar-refractivity contribution in [1.82, 2.24) is 0 Å². The maximum absolute atomic E-state index is 9.46. The number of aliphatic hydroxyl groups excluding tert-OH is 1. The molecule has 0 aliphatic rings. The molecule has 0 aliphatic carbocycles. The van der Waals surface area contributed by atoms with Gasteiger partial charge >= 0.3 is 0 Å². The predicted molar refractivity (Wildman–Crippen MR) is 55.9 cm³/mol. The van der Waals surface area contributed by atoms with Crippen molar-refractivity contribution in [3.8, 4) is 0 Å². The molecule has 0 aliphatic heterocycles. The van der Waals surface area contributed by atoms with E-state index in [-0.39, 0.29) is 6.54 Å². The second kappa shape index (κ2) is 4.37. The molecule has 0 radical (unpaired) electrons. The van der Waals surface area contributed by atoms with Crippen LogP contribution in [0.25, 0.3) is 0 Å². The number of rotatable bonds is 2. The van der Waals surface area contributed by atoms with E-state index in [1.807, 2.05) is 18.2 Å². The second-order valence-electron chi connectivity index (χ2n) is 2.39. The number of nitrogens with two attached hydrogens (primary N) is 1. The van der Waals surface area contributed by atoms with Crippen LogP contribution in [0.5, 0.6) is 0 Å². The Bertz CT molecular complexity index is 278. The van der Waals surface area contributed by atoms with Gasteiger partial charge in [-0.25, -0.2) is 0 Å². The molecule has 1 unspecified atom stereocenters. The molecular formula is C8H9Br2NO. The van der Waals surface area contributed by atoms with Crippen LogP contribution in [0, 0.1) is 0 Å². The molecule has 66 valence electrons. The lowest BCUT2D eigenvalue weighted by Gasteiger charge is -2.10. The van der Waals surface area contributed by atoms with E-state index in [9.17, 15) is 5.11 Å². The third kappa shape index (κ3) is 2.07. The quantitative estimate of drug-likeness (QED) is 0.878.